The minimum absolute atomic E-state index is 0.610. The molecule has 1 heterocycles. The number of ether oxygens (including phenoxy) is 1. The summed E-state index contributed by atoms with van der Waals surface area (Å²) in [6.45, 7) is 0. The lowest BCUT2D eigenvalue weighted by molar-refractivity contribution is -0.123. The van der Waals surface area contributed by atoms with Crippen LogP contribution in [0.2, 0.25) is 0 Å². The highest BCUT2D eigenvalue weighted by molar-refractivity contribution is 5.78. The highest BCUT2D eigenvalue weighted by atomic mass is 16.6. The quantitative estimate of drug-likeness (QED) is 0.709. The molecule has 1 unspecified atom stereocenters. The number of H-pyrrole nitrogens is 1. The molecule has 1 aromatic heterocycles. The van der Waals surface area contributed by atoms with Crippen molar-refractivity contribution in [1.82, 2.24) is 10.2 Å². The zero-order valence-electron chi connectivity index (χ0n) is 7.15. The SMILES string of the molecule is COC([O])c1ccc2cn[nH]c2c1. The van der Waals surface area contributed by atoms with E-state index in [0.29, 0.717) is 5.56 Å². The van der Waals surface area contributed by atoms with E-state index in [9.17, 15) is 5.11 Å². The van der Waals surface area contributed by atoms with Crippen LogP contribution in [0, 0.1) is 0 Å². The summed E-state index contributed by atoms with van der Waals surface area (Å²) >= 11 is 0. The fourth-order valence-electron chi connectivity index (χ4n) is 1.24. The predicted octanol–water partition coefficient (Wildman–Crippen LogP) is 1.64. The lowest BCUT2D eigenvalue weighted by Gasteiger charge is -2.05. The van der Waals surface area contributed by atoms with Gasteiger partial charge in [0.2, 0.25) is 6.29 Å². The van der Waals surface area contributed by atoms with Gasteiger partial charge >= 0.3 is 0 Å². The van der Waals surface area contributed by atoms with Crippen LogP contribution in [0.15, 0.2) is 24.4 Å². The summed E-state index contributed by atoms with van der Waals surface area (Å²) < 4.78 is 4.67. The van der Waals surface area contributed by atoms with E-state index in [1.165, 1.54) is 7.11 Å². The van der Waals surface area contributed by atoms with Crippen molar-refractivity contribution in [3.63, 3.8) is 0 Å². The van der Waals surface area contributed by atoms with Crippen molar-refractivity contribution in [3.8, 4) is 0 Å². The molecule has 67 valence electrons. The molecule has 2 rings (SSSR count). The summed E-state index contributed by atoms with van der Waals surface area (Å²) in [6.07, 6.45) is 0.596. The van der Waals surface area contributed by atoms with Crippen molar-refractivity contribution in [3.05, 3.63) is 30.0 Å². The molecule has 1 atom stereocenters. The zero-order chi connectivity index (χ0) is 9.26. The Balaban J connectivity index is 2.48. The van der Waals surface area contributed by atoms with Gasteiger partial charge in [-0.25, -0.2) is 0 Å². The van der Waals surface area contributed by atoms with Crippen LogP contribution in [0.4, 0.5) is 0 Å². The summed E-state index contributed by atoms with van der Waals surface area (Å²) in [7, 11) is 1.40. The number of rotatable bonds is 2. The monoisotopic (exact) mass is 177 g/mol. The Morgan fingerprint density at radius 2 is 2.38 bits per heavy atom. The Hall–Kier alpha value is -1.39. The first-order chi connectivity index (χ1) is 6.31. The molecule has 0 amide bonds. The number of hydrogen-bond donors (Lipinski definition) is 1. The van der Waals surface area contributed by atoms with E-state index >= 15 is 0 Å². The summed E-state index contributed by atoms with van der Waals surface area (Å²) in [5, 5.41) is 18.9. The molecule has 4 nitrogen and oxygen atoms in total. The molecule has 1 radical (unpaired) electrons. The van der Waals surface area contributed by atoms with Crippen molar-refractivity contribution < 1.29 is 9.84 Å². The van der Waals surface area contributed by atoms with E-state index in [0.717, 1.165) is 10.9 Å². The highest BCUT2D eigenvalue weighted by Crippen LogP contribution is 2.19. The fourth-order valence-corrected chi connectivity index (χ4v) is 1.24. The van der Waals surface area contributed by atoms with Crippen LogP contribution in [0.5, 0.6) is 0 Å². The van der Waals surface area contributed by atoms with Crippen molar-refractivity contribution in [2.45, 2.75) is 6.29 Å². The topological polar surface area (TPSA) is 57.8 Å². The van der Waals surface area contributed by atoms with Crippen LogP contribution < -0.4 is 0 Å². The van der Waals surface area contributed by atoms with Crippen LogP contribution in [0.3, 0.4) is 0 Å². The van der Waals surface area contributed by atoms with E-state index in [1.54, 1.807) is 18.3 Å². The fraction of sp³-hybridized carbons (Fsp3) is 0.222. The third-order valence-corrected chi connectivity index (χ3v) is 1.95. The molecule has 0 aliphatic heterocycles. The number of nitrogens with zero attached hydrogens (tertiary/aromatic N) is 1. The van der Waals surface area contributed by atoms with Gasteiger partial charge in [0.1, 0.15) is 0 Å². The molecule has 0 saturated heterocycles. The van der Waals surface area contributed by atoms with Gasteiger partial charge in [-0.05, 0) is 6.07 Å². The Morgan fingerprint density at radius 1 is 1.54 bits per heavy atom. The van der Waals surface area contributed by atoms with Gasteiger partial charge in [0, 0.05) is 18.1 Å². The third kappa shape index (κ3) is 1.41. The molecule has 0 aliphatic carbocycles. The number of benzene rings is 1. The van der Waals surface area contributed by atoms with Crippen molar-refractivity contribution in [2.75, 3.05) is 7.11 Å². The molecule has 1 aromatic carbocycles. The largest absolute Gasteiger partial charge is 0.349 e. The molecule has 0 aliphatic rings. The van der Waals surface area contributed by atoms with Gasteiger partial charge in [-0.1, -0.05) is 12.1 Å². The zero-order valence-corrected chi connectivity index (χ0v) is 7.15. The minimum atomic E-state index is -1.12. The maximum atomic E-state index is 11.2. The van der Waals surface area contributed by atoms with Gasteiger partial charge in [0.05, 0.1) is 11.7 Å². The molecule has 0 spiro atoms. The third-order valence-electron chi connectivity index (χ3n) is 1.95. The maximum absolute atomic E-state index is 11.2. The first-order valence-electron chi connectivity index (χ1n) is 3.93. The van der Waals surface area contributed by atoms with Gasteiger partial charge in [-0.3, -0.25) is 5.10 Å². The molecule has 0 bridgehead atoms. The molecule has 0 saturated carbocycles. The van der Waals surface area contributed by atoms with Gasteiger partial charge in [0.15, 0.2) is 0 Å². The van der Waals surface area contributed by atoms with E-state index < -0.39 is 6.29 Å². The molecule has 4 heteroatoms. The smallest absolute Gasteiger partial charge is 0.217 e. The summed E-state index contributed by atoms with van der Waals surface area (Å²) in [4.78, 5) is 0. The number of aromatic nitrogens is 2. The Morgan fingerprint density at radius 3 is 3.15 bits per heavy atom. The Labute approximate surface area is 75.1 Å². The van der Waals surface area contributed by atoms with Crippen molar-refractivity contribution >= 4 is 10.9 Å². The first kappa shape index (κ1) is 8.22. The Bertz CT molecular complexity index is 411. The average Bonchev–Trinajstić information content (AvgIpc) is 2.63. The molecule has 0 fully saturated rings. The second kappa shape index (κ2) is 3.16. The second-order valence-corrected chi connectivity index (χ2v) is 2.78. The average molecular weight is 177 g/mol. The van der Waals surface area contributed by atoms with Crippen molar-refractivity contribution in [1.29, 1.82) is 0 Å². The van der Waals surface area contributed by atoms with Gasteiger partial charge in [-0.15, -0.1) is 0 Å². The Kier molecular flexibility index (Phi) is 2.00. The van der Waals surface area contributed by atoms with E-state index in [-0.39, 0.29) is 0 Å². The summed E-state index contributed by atoms with van der Waals surface area (Å²) in [5.41, 5.74) is 1.47. The van der Waals surface area contributed by atoms with E-state index in [2.05, 4.69) is 14.9 Å². The number of nitrogens with one attached hydrogen (secondary N) is 1. The summed E-state index contributed by atoms with van der Waals surface area (Å²) in [6, 6.07) is 5.35. The molecular formula is C9H9N2O2. The standard InChI is InChI=1S/C9H9N2O2/c1-13-9(12)6-2-3-7-5-10-11-8(7)4-6/h2-5,9H,1H3,(H,10,11). The highest BCUT2D eigenvalue weighted by Gasteiger charge is 2.08. The van der Waals surface area contributed by atoms with Crippen LogP contribution in [0.1, 0.15) is 11.9 Å². The maximum Gasteiger partial charge on any atom is 0.217 e. The van der Waals surface area contributed by atoms with Gasteiger partial charge in [0.25, 0.3) is 0 Å². The predicted molar refractivity (Wildman–Crippen MR) is 46.5 cm³/mol. The van der Waals surface area contributed by atoms with Gasteiger partial charge < -0.3 is 4.74 Å². The van der Waals surface area contributed by atoms with Crippen LogP contribution in [-0.2, 0) is 9.84 Å². The van der Waals surface area contributed by atoms with E-state index in [1.807, 2.05) is 6.07 Å². The normalized spacial score (nSPS) is 13.4. The summed E-state index contributed by atoms with van der Waals surface area (Å²) in [5.74, 6) is 0. The number of fused-ring (bicyclic) bond motifs is 1. The van der Waals surface area contributed by atoms with E-state index in [4.69, 9.17) is 0 Å². The van der Waals surface area contributed by atoms with Crippen LogP contribution >= 0.6 is 0 Å². The lowest BCUT2D eigenvalue weighted by atomic mass is 10.1. The number of methoxy groups -OCH3 is 1. The minimum Gasteiger partial charge on any atom is -0.349 e. The molecule has 13 heavy (non-hydrogen) atoms. The number of aromatic amines is 1. The molecular weight excluding hydrogens is 168 g/mol. The number of hydrogen-bond acceptors (Lipinski definition) is 2. The van der Waals surface area contributed by atoms with Crippen LogP contribution in [0.25, 0.3) is 10.9 Å². The lowest BCUT2D eigenvalue weighted by Crippen LogP contribution is -1.96. The first-order valence-corrected chi connectivity index (χ1v) is 3.93. The second-order valence-electron chi connectivity index (χ2n) is 2.78. The molecule has 1 N–H and O–H groups in total. The van der Waals surface area contributed by atoms with Crippen LogP contribution in [-0.4, -0.2) is 17.3 Å². The van der Waals surface area contributed by atoms with Gasteiger partial charge in [-0.2, -0.15) is 10.2 Å². The van der Waals surface area contributed by atoms with Crippen molar-refractivity contribution in [2.24, 2.45) is 0 Å². The molecule has 2 aromatic rings.